The lowest BCUT2D eigenvalue weighted by atomic mass is 10.00. The van der Waals surface area contributed by atoms with Crippen molar-refractivity contribution in [3.8, 4) is 6.07 Å². The van der Waals surface area contributed by atoms with Gasteiger partial charge in [0.15, 0.2) is 0 Å². The van der Waals surface area contributed by atoms with Gasteiger partial charge in [-0.25, -0.2) is 4.98 Å². The molecule has 4 nitrogen and oxygen atoms in total. The Labute approximate surface area is 142 Å². The minimum Gasteiger partial charge on any atom is -0.349 e. The van der Waals surface area contributed by atoms with Crippen molar-refractivity contribution >= 4 is 17.0 Å². The summed E-state index contributed by atoms with van der Waals surface area (Å²) in [6.07, 6.45) is -3.82. The van der Waals surface area contributed by atoms with Gasteiger partial charge in [0.05, 0.1) is 28.7 Å². The first-order valence-electron chi connectivity index (χ1n) is 7.73. The van der Waals surface area contributed by atoms with Crippen LogP contribution in [-0.4, -0.2) is 9.97 Å². The van der Waals surface area contributed by atoms with Gasteiger partial charge >= 0.3 is 6.18 Å². The van der Waals surface area contributed by atoms with E-state index in [0.717, 1.165) is 23.2 Å². The number of nitrogens with zero attached hydrogens (tertiary/aromatic N) is 2. The molecule has 1 atom stereocenters. The highest BCUT2D eigenvalue weighted by molar-refractivity contribution is 5.77. The summed E-state index contributed by atoms with van der Waals surface area (Å²) in [4.78, 5) is 7.48. The molecule has 7 heteroatoms. The molecule has 0 spiro atoms. The van der Waals surface area contributed by atoms with Crippen LogP contribution in [0.3, 0.4) is 0 Å². The van der Waals surface area contributed by atoms with Gasteiger partial charge in [0.25, 0.3) is 0 Å². The van der Waals surface area contributed by atoms with Crippen LogP contribution in [0.2, 0.25) is 0 Å². The van der Waals surface area contributed by atoms with Crippen LogP contribution in [0.15, 0.2) is 48.5 Å². The molecule has 0 aliphatic rings. The summed E-state index contributed by atoms with van der Waals surface area (Å²) in [5.41, 5.74) is 1.34. The van der Waals surface area contributed by atoms with E-state index in [0.29, 0.717) is 17.9 Å². The van der Waals surface area contributed by atoms with E-state index in [1.165, 1.54) is 6.07 Å². The fraction of sp³-hybridized carbons (Fsp3) is 0.222. The molecule has 0 amide bonds. The molecule has 3 aromatic rings. The van der Waals surface area contributed by atoms with E-state index in [9.17, 15) is 13.2 Å². The minimum absolute atomic E-state index is 0.216. The second kappa shape index (κ2) is 6.85. The molecule has 0 radical (unpaired) electrons. The number of hydrogen-bond donors (Lipinski definition) is 2. The van der Waals surface area contributed by atoms with Crippen molar-refractivity contribution in [2.24, 2.45) is 0 Å². The third-order valence-corrected chi connectivity index (χ3v) is 3.86. The molecular weight excluding hydrogens is 329 g/mol. The summed E-state index contributed by atoms with van der Waals surface area (Å²) in [5.74, 6) is 0.460. The number of alkyl halides is 3. The summed E-state index contributed by atoms with van der Waals surface area (Å²) in [6, 6.07) is 14.1. The third kappa shape index (κ3) is 3.91. The van der Waals surface area contributed by atoms with Gasteiger partial charge in [0.1, 0.15) is 0 Å². The van der Waals surface area contributed by atoms with E-state index in [1.807, 2.05) is 30.3 Å². The van der Waals surface area contributed by atoms with E-state index < -0.39 is 17.8 Å². The normalized spacial score (nSPS) is 12.7. The molecule has 3 rings (SSSR count). The monoisotopic (exact) mass is 344 g/mol. The topological polar surface area (TPSA) is 64.5 Å². The number of hydrogen-bond acceptors (Lipinski definition) is 3. The lowest BCUT2D eigenvalue weighted by molar-refractivity contribution is -0.137. The SMILES string of the molecule is N#CCCC(Nc1nc2ccccc2[nH]1)c1cccc(C(F)(F)F)c1. The number of nitrogens with one attached hydrogen (secondary N) is 2. The largest absolute Gasteiger partial charge is 0.416 e. The molecule has 2 N–H and O–H groups in total. The molecule has 0 saturated heterocycles. The van der Waals surface area contributed by atoms with Gasteiger partial charge < -0.3 is 10.3 Å². The number of H-pyrrole nitrogens is 1. The van der Waals surface area contributed by atoms with Gasteiger partial charge in [-0.2, -0.15) is 18.4 Å². The van der Waals surface area contributed by atoms with E-state index in [-0.39, 0.29) is 6.42 Å². The zero-order valence-electron chi connectivity index (χ0n) is 13.1. The summed E-state index contributed by atoms with van der Waals surface area (Å²) < 4.78 is 38.9. The maximum atomic E-state index is 13.0. The molecular formula is C18H15F3N4. The van der Waals surface area contributed by atoms with Crippen molar-refractivity contribution in [1.82, 2.24) is 9.97 Å². The maximum Gasteiger partial charge on any atom is 0.416 e. The third-order valence-electron chi connectivity index (χ3n) is 3.86. The number of aromatic nitrogens is 2. The van der Waals surface area contributed by atoms with E-state index >= 15 is 0 Å². The van der Waals surface area contributed by atoms with Crippen molar-refractivity contribution in [1.29, 1.82) is 5.26 Å². The Bertz CT molecular complexity index is 875. The predicted molar refractivity (Wildman–Crippen MR) is 88.7 cm³/mol. The molecule has 0 saturated carbocycles. The molecule has 128 valence electrons. The predicted octanol–water partition coefficient (Wildman–Crippen LogP) is 5.04. The number of fused-ring (bicyclic) bond motifs is 1. The zero-order valence-corrected chi connectivity index (χ0v) is 13.1. The smallest absolute Gasteiger partial charge is 0.349 e. The van der Waals surface area contributed by atoms with Crippen LogP contribution in [0.5, 0.6) is 0 Å². The Morgan fingerprint density at radius 1 is 1.16 bits per heavy atom. The number of halogens is 3. The van der Waals surface area contributed by atoms with Crippen LogP contribution in [0, 0.1) is 11.3 Å². The van der Waals surface area contributed by atoms with Crippen LogP contribution in [0.25, 0.3) is 11.0 Å². The average Bonchev–Trinajstić information content (AvgIpc) is 3.00. The summed E-state index contributed by atoms with van der Waals surface area (Å²) in [5, 5.41) is 12.0. The van der Waals surface area contributed by atoms with E-state index in [2.05, 4.69) is 15.3 Å². The van der Waals surface area contributed by atoms with Crippen LogP contribution in [0.1, 0.15) is 30.0 Å². The Morgan fingerprint density at radius 2 is 1.96 bits per heavy atom. The van der Waals surface area contributed by atoms with Crippen LogP contribution < -0.4 is 5.32 Å². The van der Waals surface area contributed by atoms with Gasteiger partial charge in [-0.3, -0.25) is 0 Å². The van der Waals surface area contributed by atoms with Crippen molar-refractivity contribution in [3.63, 3.8) is 0 Å². The second-order valence-electron chi connectivity index (χ2n) is 5.62. The summed E-state index contributed by atoms with van der Waals surface area (Å²) in [6.45, 7) is 0. The first-order valence-corrected chi connectivity index (χ1v) is 7.73. The molecule has 2 aromatic carbocycles. The van der Waals surface area contributed by atoms with Crippen LogP contribution in [0.4, 0.5) is 19.1 Å². The van der Waals surface area contributed by atoms with E-state index in [4.69, 9.17) is 5.26 Å². The summed E-state index contributed by atoms with van der Waals surface area (Å²) >= 11 is 0. The lowest BCUT2D eigenvalue weighted by Gasteiger charge is -2.19. The number of imidazole rings is 1. The number of anilines is 1. The standard InChI is InChI=1S/C18H15F3N4/c19-18(20,21)13-6-3-5-12(11-13)14(9-4-10-22)23-17-24-15-7-1-2-8-16(15)25-17/h1-3,5-8,11,14H,4,9H2,(H2,23,24,25). The van der Waals surface area contributed by atoms with Gasteiger partial charge in [-0.15, -0.1) is 0 Å². The quantitative estimate of drug-likeness (QED) is 0.681. The van der Waals surface area contributed by atoms with Crippen LogP contribution in [-0.2, 0) is 6.18 Å². The number of benzene rings is 2. The zero-order chi connectivity index (χ0) is 17.9. The molecule has 1 unspecified atom stereocenters. The Balaban J connectivity index is 1.90. The Hall–Kier alpha value is -3.01. The number of para-hydroxylation sites is 2. The van der Waals surface area contributed by atoms with Gasteiger partial charge in [-0.05, 0) is 36.2 Å². The molecule has 0 aliphatic carbocycles. The Kier molecular flexibility index (Phi) is 4.61. The van der Waals surface area contributed by atoms with Crippen molar-refractivity contribution in [2.75, 3.05) is 5.32 Å². The lowest BCUT2D eigenvalue weighted by Crippen LogP contribution is -2.13. The first kappa shape index (κ1) is 16.8. The van der Waals surface area contributed by atoms with Crippen molar-refractivity contribution < 1.29 is 13.2 Å². The first-order chi connectivity index (χ1) is 12.0. The number of nitriles is 1. The molecule has 0 fully saturated rings. The summed E-state index contributed by atoms with van der Waals surface area (Å²) in [7, 11) is 0. The Morgan fingerprint density at radius 3 is 2.68 bits per heavy atom. The molecule has 0 bridgehead atoms. The number of aromatic amines is 1. The maximum absolute atomic E-state index is 13.0. The van der Waals surface area contributed by atoms with E-state index in [1.54, 1.807) is 6.07 Å². The average molecular weight is 344 g/mol. The van der Waals surface area contributed by atoms with Crippen molar-refractivity contribution in [3.05, 3.63) is 59.7 Å². The minimum atomic E-state index is -4.41. The fourth-order valence-corrected chi connectivity index (χ4v) is 2.65. The highest BCUT2D eigenvalue weighted by atomic mass is 19.4. The van der Waals surface area contributed by atoms with Gasteiger partial charge in [0, 0.05) is 6.42 Å². The van der Waals surface area contributed by atoms with Gasteiger partial charge in [0.2, 0.25) is 5.95 Å². The van der Waals surface area contributed by atoms with Crippen LogP contribution >= 0.6 is 0 Å². The highest BCUT2D eigenvalue weighted by Gasteiger charge is 2.31. The fourth-order valence-electron chi connectivity index (χ4n) is 2.65. The van der Waals surface area contributed by atoms with Crippen molar-refractivity contribution in [2.45, 2.75) is 25.1 Å². The number of rotatable bonds is 5. The molecule has 1 heterocycles. The molecule has 0 aliphatic heterocycles. The van der Waals surface area contributed by atoms with Gasteiger partial charge in [-0.1, -0.05) is 24.3 Å². The molecule has 1 aromatic heterocycles. The molecule has 25 heavy (non-hydrogen) atoms. The second-order valence-corrected chi connectivity index (χ2v) is 5.62. The highest BCUT2D eigenvalue weighted by Crippen LogP contribution is 2.32.